The van der Waals surface area contributed by atoms with Gasteiger partial charge in [-0.15, -0.1) is 0 Å². The van der Waals surface area contributed by atoms with Gasteiger partial charge in [-0.2, -0.15) is 0 Å². The number of nitrogens with zero attached hydrogens (tertiary/aromatic N) is 3. The maximum Gasteiger partial charge on any atom is 0.276 e. The molecule has 1 unspecified atom stereocenters. The van der Waals surface area contributed by atoms with Gasteiger partial charge in [-0.25, -0.2) is 10.9 Å². The van der Waals surface area contributed by atoms with E-state index in [4.69, 9.17) is 10.6 Å². The number of aliphatic imine (C=N–C) groups is 1. The fraction of sp³-hybridized carbons (Fsp3) is 0.320. The Morgan fingerprint density at radius 2 is 1.89 bits per heavy atom. The van der Waals surface area contributed by atoms with Crippen molar-refractivity contribution in [2.24, 2.45) is 10.8 Å². The Hall–Kier alpha value is -3.65. The number of amides is 2. The Labute approximate surface area is 208 Å². The van der Waals surface area contributed by atoms with Crippen molar-refractivity contribution in [3.05, 3.63) is 51.6 Å². The Bertz CT molecular complexity index is 1620. The fourth-order valence-electron chi connectivity index (χ4n) is 6.09. The molecule has 12 nitrogen and oxygen atoms in total. The van der Waals surface area contributed by atoms with Crippen LogP contribution in [0.4, 0.5) is 5.69 Å². The van der Waals surface area contributed by atoms with Gasteiger partial charge in [0.1, 0.15) is 30.6 Å². The predicted octanol–water partition coefficient (Wildman–Crippen LogP) is -2.73. The molecule has 5 aliphatic rings. The molecule has 6 atom stereocenters. The van der Waals surface area contributed by atoms with Gasteiger partial charge in [0.15, 0.2) is 6.23 Å². The summed E-state index contributed by atoms with van der Waals surface area (Å²) in [6.45, 7) is -0.599. The number of carbonyl (C=O) groups is 2. The molecule has 4 aliphatic heterocycles. The zero-order valence-corrected chi connectivity index (χ0v) is 19.3. The number of rotatable bonds is 2. The highest BCUT2D eigenvalue weighted by Gasteiger charge is 2.52. The summed E-state index contributed by atoms with van der Waals surface area (Å²) < 4.78 is 5.94. The van der Waals surface area contributed by atoms with Gasteiger partial charge in [0, 0.05) is 27.7 Å². The zero-order valence-electron chi connectivity index (χ0n) is 19.3. The molecule has 1 fully saturated rings. The number of aromatic nitrogens is 1. The van der Waals surface area contributed by atoms with Crippen molar-refractivity contribution in [2.75, 3.05) is 11.5 Å². The summed E-state index contributed by atoms with van der Waals surface area (Å²) in [5.74, 6) is 4.64. The van der Waals surface area contributed by atoms with E-state index in [2.05, 4.69) is 9.98 Å². The molecule has 7 N–H and O–H groups in total. The van der Waals surface area contributed by atoms with Crippen LogP contribution < -0.4 is 21.3 Å². The van der Waals surface area contributed by atoms with Crippen molar-refractivity contribution in [1.82, 2.24) is 9.99 Å². The van der Waals surface area contributed by atoms with Crippen LogP contribution in [0.15, 0.2) is 29.3 Å². The first-order chi connectivity index (χ1) is 17.8. The second kappa shape index (κ2) is 7.68. The minimum Gasteiger partial charge on any atom is -0.394 e. The second-order valence-electron chi connectivity index (χ2n) is 9.63. The molecule has 0 spiro atoms. The van der Waals surface area contributed by atoms with Gasteiger partial charge < -0.3 is 35.0 Å². The van der Waals surface area contributed by atoms with Gasteiger partial charge in [0.25, 0.3) is 11.8 Å². The number of dihydropyridines is 1. The molecule has 7 rings (SSSR count). The van der Waals surface area contributed by atoms with E-state index in [1.807, 2.05) is 18.2 Å². The number of aromatic amines is 1. The lowest BCUT2D eigenvalue weighted by atomic mass is 9.94. The number of ether oxygens (including phenoxy) is 1. The number of anilines is 1. The third-order valence-electron chi connectivity index (χ3n) is 7.77. The van der Waals surface area contributed by atoms with Crippen LogP contribution in [-0.2, 0) is 11.2 Å². The maximum atomic E-state index is 13.4. The number of aliphatic hydroxyl groups is 4. The van der Waals surface area contributed by atoms with Gasteiger partial charge in [-0.3, -0.25) is 14.6 Å². The average Bonchev–Trinajstić information content (AvgIpc) is 3.53. The number of H-pyrrole nitrogens is 1. The first kappa shape index (κ1) is 22.5. The van der Waals surface area contributed by atoms with Gasteiger partial charge in [-0.1, -0.05) is 18.2 Å². The lowest BCUT2D eigenvalue weighted by Gasteiger charge is -2.46. The Morgan fingerprint density at radius 3 is 2.68 bits per heavy atom. The first-order valence-electron chi connectivity index (χ1n) is 11.9. The van der Waals surface area contributed by atoms with Crippen molar-refractivity contribution in [2.45, 2.75) is 43.2 Å². The van der Waals surface area contributed by atoms with Gasteiger partial charge in [0.05, 0.1) is 28.9 Å². The summed E-state index contributed by atoms with van der Waals surface area (Å²) in [7, 11) is 0. The molecule has 37 heavy (non-hydrogen) atoms. The fourth-order valence-corrected chi connectivity index (χ4v) is 6.09. The van der Waals surface area contributed by atoms with Crippen LogP contribution in [0, 0.1) is 0 Å². The third-order valence-corrected chi connectivity index (χ3v) is 7.77. The second-order valence-corrected chi connectivity index (χ2v) is 9.63. The molecule has 12 heteroatoms. The molecular weight excluding hydrogens is 482 g/mol. The summed E-state index contributed by atoms with van der Waals surface area (Å²) in [6, 6.07) is 0. The highest BCUT2D eigenvalue weighted by Crippen LogP contribution is 2.42. The lowest BCUT2D eigenvalue weighted by Crippen LogP contribution is -2.64. The number of hydrogen-bond donors (Lipinski definition) is 6. The van der Waals surface area contributed by atoms with Crippen molar-refractivity contribution in [3.8, 4) is 0 Å². The van der Waals surface area contributed by atoms with E-state index in [9.17, 15) is 30.0 Å². The van der Waals surface area contributed by atoms with E-state index in [1.54, 1.807) is 23.3 Å². The molecule has 190 valence electrons. The summed E-state index contributed by atoms with van der Waals surface area (Å²) in [6.07, 6.45) is 3.29. The van der Waals surface area contributed by atoms with Crippen LogP contribution >= 0.6 is 0 Å². The lowest BCUT2D eigenvalue weighted by molar-refractivity contribution is -0.229. The number of hydrogen-bond acceptors (Lipinski definition) is 10. The number of allylic oxidation sites excluding steroid dienone is 3. The van der Waals surface area contributed by atoms with Crippen LogP contribution in [0.2, 0.25) is 0 Å². The Kier molecular flexibility index (Phi) is 4.68. The minimum atomic E-state index is -1.62. The molecule has 2 amide bonds. The van der Waals surface area contributed by atoms with Crippen LogP contribution in [0.1, 0.15) is 26.3 Å². The number of imide groups is 1. The largest absolute Gasteiger partial charge is 0.394 e. The van der Waals surface area contributed by atoms with Crippen LogP contribution in [0.3, 0.4) is 0 Å². The molecule has 2 aromatic rings. The SMILES string of the molecule is NN1C(=O)c2c(c3c4c([nH]c3c3c2=C2C=CC=NC2N3[C@@H]2O[C@H](CO)[C@@H](O)[C@H](O)[C@H]2O)=CC=CC4)C1=O. The van der Waals surface area contributed by atoms with Gasteiger partial charge in [0.2, 0.25) is 0 Å². The van der Waals surface area contributed by atoms with E-state index in [0.29, 0.717) is 38.8 Å². The standard InChI is InChI=1S/C25H23N5O7/c26-30-23(35)15-13-9-4-1-2-6-11(9)28-17(13)18-14(16(15)24(30)36)10-5-3-7-27-22(10)29(18)25-21(34)20(33)19(32)12(8-31)37-25/h1-3,5-7,12,19-22,25,28,31-34H,4,8,26H2/t12-,19-,20+,21-,22?,25-/m1/s1. The van der Waals surface area contributed by atoms with Crippen molar-refractivity contribution < 1.29 is 34.8 Å². The van der Waals surface area contributed by atoms with Crippen LogP contribution in [0.5, 0.6) is 0 Å². The molecule has 5 heterocycles. The van der Waals surface area contributed by atoms with Crippen LogP contribution in [0.25, 0.3) is 22.6 Å². The number of nitrogens with two attached hydrogens (primary N) is 1. The van der Waals surface area contributed by atoms with Crippen molar-refractivity contribution >= 4 is 46.3 Å². The Balaban J connectivity index is 1.59. The van der Waals surface area contributed by atoms with Gasteiger partial charge >= 0.3 is 0 Å². The molecule has 0 radical (unpaired) electrons. The van der Waals surface area contributed by atoms with E-state index in [1.165, 1.54) is 0 Å². The zero-order chi connectivity index (χ0) is 25.7. The molecule has 1 aromatic carbocycles. The van der Waals surface area contributed by atoms with E-state index < -0.39 is 55.2 Å². The monoisotopic (exact) mass is 505 g/mol. The summed E-state index contributed by atoms with van der Waals surface area (Å²) in [5.41, 5.74) is 2.71. The quantitative estimate of drug-likeness (QED) is 0.143. The number of hydrazine groups is 1. The van der Waals surface area contributed by atoms with Gasteiger partial charge in [-0.05, 0) is 24.1 Å². The summed E-state index contributed by atoms with van der Waals surface area (Å²) >= 11 is 0. The predicted molar refractivity (Wildman–Crippen MR) is 131 cm³/mol. The number of carbonyl (C=O) groups excluding carboxylic acids is 2. The topological polar surface area (TPSA) is 185 Å². The highest BCUT2D eigenvalue weighted by atomic mass is 16.6. The number of nitrogens with one attached hydrogen (secondary N) is 1. The van der Waals surface area contributed by atoms with Crippen molar-refractivity contribution in [3.63, 3.8) is 0 Å². The first-order valence-corrected chi connectivity index (χ1v) is 11.9. The highest BCUT2D eigenvalue weighted by molar-refractivity contribution is 6.28. The summed E-state index contributed by atoms with van der Waals surface area (Å²) in [5, 5.41) is 44.1. The van der Waals surface area contributed by atoms with Crippen LogP contribution in [-0.4, -0.2) is 91.9 Å². The van der Waals surface area contributed by atoms with E-state index in [0.717, 1.165) is 10.9 Å². The molecule has 0 saturated carbocycles. The Morgan fingerprint density at radius 1 is 1.11 bits per heavy atom. The van der Waals surface area contributed by atoms with Crippen molar-refractivity contribution in [1.29, 1.82) is 0 Å². The molecular formula is C25H23N5O7. The molecule has 0 bridgehead atoms. The van der Waals surface area contributed by atoms with E-state index in [-0.39, 0.29) is 11.1 Å². The molecule has 1 saturated heterocycles. The third kappa shape index (κ3) is 2.74. The number of benzene rings is 1. The minimum absolute atomic E-state index is 0.139. The normalized spacial score (nSPS) is 31.6. The summed E-state index contributed by atoms with van der Waals surface area (Å²) in [4.78, 5) is 36.2. The smallest absolute Gasteiger partial charge is 0.276 e. The number of fused-ring (bicyclic) bond motifs is 9. The van der Waals surface area contributed by atoms with E-state index >= 15 is 0 Å². The maximum absolute atomic E-state index is 13.4. The molecule has 1 aromatic heterocycles. The number of aliphatic hydroxyl groups excluding tert-OH is 4. The average molecular weight is 505 g/mol. The molecule has 1 aliphatic carbocycles.